The first-order chi connectivity index (χ1) is 44.3. The summed E-state index contributed by atoms with van der Waals surface area (Å²) in [6.45, 7) is 1.56. The lowest BCUT2D eigenvalue weighted by Crippen LogP contribution is -2.66. The van der Waals surface area contributed by atoms with Gasteiger partial charge >= 0.3 is 0 Å². The summed E-state index contributed by atoms with van der Waals surface area (Å²) < 4.78 is 34.3. The molecule has 1 amide bonds. The molecular formula is C72H127NO18. The number of ether oxygens (including phenoxy) is 6. The van der Waals surface area contributed by atoms with Crippen molar-refractivity contribution in [1.82, 2.24) is 5.32 Å². The molecule has 0 aromatic heterocycles. The lowest BCUT2D eigenvalue weighted by atomic mass is 9.96. The summed E-state index contributed by atoms with van der Waals surface area (Å²) in [7, 11) is 0. The zero-order valence-electron chi connectivity index (χ0n) is 55.8. The Kier molecular flexibility index (Phi) is 48.4. The molecule has 0 saturated carbocycles. The molecule has 19 heteroatoms. The molecule has 3 aliphatic heterocycles. The van der Waals surface area contributed by atoms with Crippen molar-refractivity contribution in [2.45, 2.75) is 349 Å². The highest BCUT2D eigenvalue weighted by Crippen LogP contribution is 2.33. The number of rotatable bonds is 54. The number of nitrogens with one attached hydrogen (secondary N) is 1. The largest absolute Gasteiger partial charge is 0.394 e. The van der Waals surface area contributed by atoms with Crippen molar-refractivity contribution in [3.63, 3.8) is 0 Å². The van der Waals surface area contributed by atoms with Crippen molar-refractivity contribution in [2.75, 3.05) is 26.4 Å². The molecule has 17 atom stereocenters. The molecule has 3 saturated heterocycles. The summed E-state index contributed by atoms with van der Waals surface area (Å²) in [6, 6.07) is -1.02. The fraction of sp³-hybridized carbons (Fsp3) is 0.819. The van der Waals surface area contributed by atoms with Crippen LogP contribution in [0.2, 0.25) is 0 Å². The molecule has 3 heterocycles. The van der Waals surface area contributed by atoms with Crippen LogP contribution >= 0.6 is 0 Å². The molecule has 0 radical (unpaired) electrons. The van der Waals surface area contributed by atoms with E-state index in [4.69, 9.17) is 28.4 Å². The van der Waals surface area contributed by atoms with Gasteiger partial charge in [-0.25, -0.2) is 0 Å². The highest BCUT2D eigenvalue weighted by molar-refractivity contribution is 5.76. The van der Waals surface area contributed by atoms with E-state index in [1.807, 2.05) is 6.08 Å². The molecule has 0 aromatic carbocycles. The molecule has 91 heavy (non-hydrogen) atoms. The van der Waals surface area contributed by atoms with Crippen LogP contribution in [-0.4, -0.2) is 193 Å². The monoisotopic (exact) mass is 1290 g/mol. The fourth-order valence-electron chi connectivity index (χ4n) is 11.7. The number of unbranched alkanes of at least 4 members (excludes halogenated alkanes) is 28. The van der Waals surface area contributed by atoms with Crippen molar-refractivity contribution >= 4 is 5.91 Å². The topological polar surface area (TPSA) is 307 Å². The molecule has 17 unspecified atom stereocenters. The smallest absolute Gasteiger partial charge is 0.220 e. The number of hydrogen-bond acceptors (Lipinski definition) is 18. The third-order valence-electron chi connectivity index (χ3n) is 17.5. The number of allylic oxidation sites excluding steroid dienone is 11. The lowest BCUT2D eigenvalue weighted by molar-refractivity contribution is -0.379. The van der Waals surface area contributed by atoms with Crippen molar-refractivity contribution < 1.29 is 89.4 Å². The van der Waals surface area contributed by atoms with Gasteiger partial charge in [0.2, 0.25) is 5.91 Å². The normalized spacial score (nSPS) is 28.3. The Morgan fingerprint density at radius 3 is 1.23 bits per heavy atom. The Bertz CT molecular complexity index is 1930. The second kappa shape index (κ2) is 53.4. The molecule has 19 nitrogen and oxygen atoms in total. The highest BCUT2D eigenvalue weighted by atomic mass is 16.8. The summed E-state index contributed by atoms with van der Waals surface area (Å²) in [5, 5.41) is 120. The van der Waals surface area contributed by atoms with E-state index in [0.29, 0.717) is 12.8 Å². The first-order valence-corrected chi connectivity index (χ1v) is 35.7. The third kappa shape index (κ3) is 35.2. The molecule has 0 aliphatic carbocycles. The Balaban J connectivity index is 1.39. The first kappa shape index (κ1) is 82.5. The maximum atomic E-state index is 13.3. The molecule has 12 N–H and O–H groups in total. The molecule has 528 valence electrons. The van der Waals surface area contributed by atoms with Crippen molar-refractivity contribution in [3.05, 3.63) is 72.9 Å². The van der Waals surface area contributed by atoms with Gasteiger partial charge in [0.25, 0.3) is 0 Å². The third-order valence-corrected chi connectivity index (χ3v) is 17.5. The molecule has 3 aliphatic rings. The maximum Gasteiger partial charge on any atom is 0.220 e. The van der Waals surface area contributed by atoms with E-state index in [1.165, 1.54) is 148 Å². The van der Waals surface area contributed by atoms with E-state index >= 15 is 0 Å². The minimum atomic E-state index is -1.99. The Morgan fingerprint density at radius 2 is 0.769 bits per heavy atom. The van der Waals surface area contributed by atoms with Crippen LogP contribution in [-0.2, 0) is 33.2 Å². The average molecular weight is 1290 g/mol. The molecule has 0 aromatic rings. The summed E-state index contributed by atoms with van der Waals surface area (Å²) in [4.78, 5) is 13.3. The minimum absolute atomic E-state index is 0.193. The minimum Gasteiger partial charge on any atom is -0.394 e. The van der Waals surface area contributed by atoms with Gasteiger partial charge in [-0.15, -0.1) is 0 Å². The van der Waals surface area contributed by atoms with Gasteiger partial charge in [0.1, 0.15) is 73.2 Å². The van der Waals surface area contributed by atoms with Gasteiger partial charge < -0.3 is 89.9 Å². The van der Waals surface area contributed by atoms with Crippen LogP contribution in [0.25, 0.3) is 0 Å². The second-order valence-electron chi connectivity index (χ2n) is 25.3. The quantitative estimate of drug-likeness (QED) is 0.0199. The van der Waals surface area contributed by atoms with E-state index < -0.39 is 124 Å². The van der Waals surface area contributed by atoms with Crippen LogP contribution in [0.5, 0.6) is 0 Å². The van der Waals surface area contributed by atoms with Crippen LogP contribution in [0.4, 0.5) is 0 Å². The number of amides is 1. The van der Waals surface area contributed by atoms with Crippen LogP contribution < -0.4 is 5.32 Å². The zero-order chi connectivity index (χ0) is 66.1. The Labute approximate surface area is 547 Å². The van der Waals surface area contributed by atoms with Gasteiger partial charge in [-0.3, -0.25) is 4.79 Å². The van der Waals surface area contributed by atoms with E-state index in [9.17, 15) is 61.0 Å². The van der Waals surface area contributed by atoms with Crippen LogP contribution in [0.1, 0.15) is 245 Å². The van der Waals surface area contributed by atoms with Gasteiger partial charge in [-0.05, 0) is 77.0 Å². The van der Waals surface area contributed by atoms with Gasteiger partial charge in [-0.2, -0.15) is 0 Å². The average Bonchev–Trinajstić information content (AvgIpc) is 0.877. The fourth-order valence-corrected chi connectivity index (χ4v) is 11.7. The number of carbonyl (C=O) groups excluding carboxylic acids is 1. The Morgan fingerprint density at radius 1 is 0.407 bits per heavy atom. The highest BCUT2D eigenvalue weighted by Gasteiger charge is 2.53. The number of hydrogen-bond donors (Lipinski definition) is 12. The van der Waals surface area contributed by atoms with Gasteiger partial charge in [0.05, 0.1) is 38.6 Å². The van der Waals surface area contributed by atoms with Crippen LogP contribution in [0.15, 0.2) is 72.9 Å². The van der Waals surface area contributed by atoms with E-state index in [-0.39, 0.29) is 18.9 Å². The van der Waals surface area contributed by atoms with Crippen molar-refractivity contribution in [2.24, 2.45) is 0 Å². The molecular weight excluding hydrogens is 1170 g/mol. The van der Waals surface area contributed by atoms with E-state index in [2.05, 4.69) is 79.9 Å². The Hall–Kier alpha value is -2.77. The summed E-state index contributed by atoms with van der Waals surface area (Å²) in [6.07, 6.45) is 40.7. The van der Waals surface area contributed by atoms with E-state index in [0.717, 1.165) is 64.2 Å². The predicted molar refractivity (Wildman–Crippen MR) is 355 cm³/mol. The van der Waals surface area contributed by atoms with Gasteiger partial charge in [0.15, 0.2) is 18.9 Å². The maximum absolute atomic E-state index is 13.3. The van der Waals surface area contributed by atoms with Gasteiger partial charge in [0, 0.05) is 6.42 Å². The molecule has 3 fully saturated rings. The number of carbonyl (C=O) groups is 1. The van der Waals surface area contributed by atoms with Crippen molar-refractivity contribution in [1.29, 1.82) is 0 Å². The standard InChI is InChI=1S/C72H127NO18/c1-3-5-7-9-11-13-15-17-18-19-20-21-22-23-24-25-26-27-28-29-30-31-32-33-34-35-36-38-39-41-43-45-47-49-56(77)55(73-60(78)50-48-46-44-42-40-37-16-14-12-10-8-6-4-2)54-86-70-66(84)63(81)68(58(52-75)88-70)91-72-67(85)64(82)69(59(53-76)89-72)90-71-65(83)62(80)61(79)57(51-74)87-71/h6,8,12,14,34-35,37,39-41,47,49,55-59,61-72,74-77,79-85H,3-5,7,9-11,13,15-33,36,38,42-46,48,50-54H2,1-2H3,(H,73,78)/b8-6-,14-12-,35-34+,40-37-,41-39+,49-47+. The summed E-state index contributed by atoms with van der Waals surface area (Å²) in [5.74, 6) is -0.320. The zero-order valence-corrected chi connectivity index (χ0v) is 55.8. The molecule has 3 rings (SSSR count). The molecule has 0 bridgehead atoms. The summed E-state index contributed by atoms with van der Waals surface area (Å²) in [5.41, 5.74) is 0. The SMILES string of the molecule is CC/C=C\C/C=C\C/C=C\CCCCCC(=O)NC(COC1OC(CO)C(OC2OC(CO)C(OC3OC(CO)C(O)C(O)C3O)C(O)C2O)C(O)C1O)C(O)/C=C/CC/C=C/CC/C=C/CCCCCCCCCCCCCCCCCCCCCCCCC. The number of aliphatic hydroxyl groups excluding tert-OH is 11. The lowest BCUT2D eigenvalue weighted by Gasteiger charge is -2.48. The van der Waals surface area contributed by atoms with Crippen molar-refractivity contribution in [3.8, 4) is 0 Å². The van der Waals surface area contributed by atoms with E-state index in [1.54, 1.807) is 6.08 Å². The first-order valence-electron chi connectivity index (χ1n) is 35.7. The molecule has 0 spiro atoms. The number of aliphatic hydroxyl groups is 11. The van der Waals surface area contributed by atoms with Crippen LogP contribution in [0, 0.1) is 0 Å². The van der Waals surface area contributed by atoms with Crippen LogP contribution in [0.3, 0.4) is 0 Å². The second-order valence-corrected chi connectivity index (χ2v) is 25.3. The van der Waals surface area contributed by atoms with Gasteiger partial charge in [-0.1, -0.05) is 234 Å². The summed E-state index contributed by atoms with van der Waals surface area (Å²) >= 11 is 0. The predicted octanol–water partition coefficient (Wildman–Crippen LogP) is 9.72.